The fourth-order valence-corrected chi connectivity index (χ4v) is 2.78. The maximum absolute atomic E-state index is 12.6. The quantitative estimate of drug-likeness (QED) is 0.343. The van der Waals surface area contributed by atoms with Gasteiger partial charge in [-0.25, -0.2) is 14.3 Å². The predicted octanol–water partition coefficient (Wildman–Crippen LogP) is 2.70. The molecule has 11 heteroatoms. The molecule has 0 bridgehead atoms. The highest BCUT2D eigenvalue weighted by Crippen LogP contribution is 2.19. The van der Waals surface area contributed by atoms with Crippen LogP contribution in [0, 0.1) is 10.1 Å². The van der Waals surface area contributed by atoms with Gasteiger partial charge in [-0.2, -0.15) is 10.2 Å². The number of ether oxygens (including phenoxy) is 1. The zero-order valence-corrected chi connectivity index (χ0v) is 16.2. The smallest absolute Gasteiger partial charge is 0.269 e. The van der Waals surface area contributed by atoms with Gasteiger partial charge in [0.25, 0.3) is 11.6 Å². The molecule has 156 valence electrons. The number of non-ortho nitro benzene ring substituents is 1. The number of carbonyl (C=O) groups excluding carboxylic acids is 1. The largest absolute Gasteiger partial charge is 0.492 e. The van der Waals surface area contributed by atoms with Gasteiger partial charge in [0.1, 0.15) is 25.0 Å². The van der Waals surface area contributed by atoms with Crippen LogP contribution in [0.3, 0.4) is 0 Å². The number of benzene rings is 2. The summed E-state index contributed by atoms with van der Waals surface area (Å²) in [6.45, 7) is 0.960. The van der Waals surface area contributed by atoms with E-state index in [4.69, 9.17) is 4.74 Å². The van der Waals surface area contributed by atoms with E-state index in [1.54, 1.807) is 53.6 Å². The summed E-state index contributed by atoms with van der Waals surface area (Å²) in [5.41, 5.74) is 1.51. The van der Waals surface area contributed by atoms with Gasteiger partial charge in [-0.1, -0.05) is 6.07 Å². The van der Waals surface area contributed by atoms with E-state index in [9.17, 15) is 14.9 Å². The van der Waals surface area contributed by atoms with Gasteiger partial charge in [0.2, 0.25) is 0 Å². The molecule has 31 heavy (non-hydrogen) atoms. The maximum atomic E-state index is 12.6. The zero-order valence-electron chi connectivity index (χ0n) is 16.2. The average molecular weight is 419 g/mol. The summed E-state index contributed by atoms with van der Waals surface area (Å²) >= 11 is 0. The van der Waals surface area contributed by atoms with Gasteiger partial charge >= 0.3 is 0 Å². The summed E-state index contributed by atoms with van der Waals surface area (Å²) in [5.74, 6) is 0.271. The summed E-state index contributed by atoms with van der Waals surface area (Å²) in [6, 6.07) is 12.9. The molecule has 4 rings (SSSR count). The molecule has 1 amide bonds. The van der Waals surface area contributed by atoms with Gasteiger partial charge in [0.05, 0.1) is 28.9 Å². The van der Waals surface area contributed by atoms with Crippen LogP contribution in [0.15, 0.2) is 73.6 Å². The first-order valence-corrected chi connectivity index (χ1v) is 9.24. The van der Waals surface area contributed by atoms with Crippen LogP contribution in [-0.4, -0.2) is 42.0 Å². The van der Waals surface area contributed by atoms with E-state index in [0.717, 1.165) is 0 Å². The lowest BCUT2D eigenvalue weighted by Gasteiger charge is -2.09. The van der Waals surface area contributed by atoms with Gasteiger partial charge < -0.3 is 10.1 Å². The highest BCUT2D eigenvalue weighted by Gasteiger charge is 2.11. The standard InChI is InChI=1S/C20H17N7O4/c28-20(15-11-22-26(12-15)17-4-6-18(7-5-17)27(29)30)24-16-2-1-3-19(10-16)31-9-8-25-14-21-13-23-25/h1-7,10-14H,8-9H2,(H,24,28). The lowest BCUT2D eigenvalue weighted by atomic mass is 10.2. The van der Waals surface area contributed by atoms with Crippen molar-refractivity contribution in [2.45, 2.75) is 6.54 Å². The number of aromatic nitrogens is 5. The second kappa shape index (κ2) is 8.86. The topological polar surface area (TPSA) is 130 Å². The number of anilines is 1. The minimum Gasteiger partial charge on any atom is -0.492 e. The molecule has 2 heterocycles. The highest BCUT2D eigenvalue weighted by atomic mass is 16.6. The number of nitrogens with zero attached hydrogens (tertiary/aromatic N) is 6. The first-order chi connectivity index (χ1) is 15.1. The summed E-state index contributed by atoms with van der Waals surface area (Å²) in [6.07, 6.45) is 6.04. The number of nitro groups is 1. The second-order valence-corrected chi connectivity index (χ2v) is 6.44. The Morgan fingerprint density at radius 2 is 2.00 bits per heavy atom. The normalized spacial score (nSPS) is 10.6. The Morgan fingerprint density at radius 1 is 1.16 bits per heavy atom. The number of carbonyl (C=O) groups is 1. The van der Waals surface area contributed by atoms with Crippen molar-refractivity contribution < 1.29 is 14.5 Å². The first kappa shape index (κ1) is 19.8. The van der Waals surface area contributed by atoms with Gasteiger partial charge in [-0.05, 0) is 24.3 Å². The summed E-state index contributed by atoms with van der Waals surface area (Å²) < 4.78 is 8.83. The van der Waals surface area contributed by atoms with E-state index in [1.807, 2.05) is 0 Å². The Morgan fingerprint density at radius 3 is 2.74 bits per heavy atom. The van der Waals surface area contributed by atoms with Gasteiger partial charge in [-0.3, -0.25) is 14.9 Å². The van der Waals surface area contributed by atoms with Crippen LogP contribution in [0.25, 0.3) is 5.69 Å². The molecule has 2 aromatic heterocycles. The van der Waals surface area contributed by atoms with Crippen molar-refractivity contribution in [2.24, 2.45) is 0 Å². The Kier molecular flexibility index (Phi) is 5.65. The molecule has 1 N–H and O–H groups in total. The van der Waals surface area contributed by atoms with Crippen LogP contribution >= 0.6 is 0 Å². The average Bonchev–Trinajstić information content (AvgIpc) is 3.47. The van der Waals surface area contributed by atoms with E-state index in [-0.39, 0.29) is 11.6 Å². The van der Waals surface area contributed by atoms with E-state index < -0.39 is 4.92 Å². The van der Waals surface area contributed by atoms with Crippen LogP contribution in [0.2, 0.25) is 0 Å². The molecule has 0 spiro atoms. The summed E-state index contributed by atoms with van der Waals surface area (Å²) in [7, 11) is 0. The third-order valence-corrected chi connectivity index (χ3v) is 4.32. The molecule has 4 aromatic rings. The second-order valence-electron chi connectivity index (χ2n) is 6.44. The van der Waals surface area contributed by atoms with E-state index in [2.05, 4.69) is 20.5 Å². The molecule has 2 aromatic carbocycles. The molecular formula is C20H17N7O4. The van der Waals surface area contributed by atoms with Crippen LogP contribution in [0.5, 0.6) is 5.75 Å². The molecule has 0 saturated carbocycles. The predicted molar refractivity (Wildman–Crippen MR) is 110 cm³/mol. The molecule has 0 unspecified atom stereocenters. The summed E-state index contributed by atoms with van der Waals surface area (Å²) in [5, 5.41) is 21.7. The maximum Gasteiger partial charge on any atom is 0.269 e. The van der Waals surface area contributed by atoms with E-state index in [1.165, 1.54) is 29.3 Å². The van der Waals surface area contributed by atoms with Gasteiger partial charge in [-0.15, -0.1) is 0 Å². The zero-order chi connectivity index (χ0) is 21.6. The van der Waals surface area contributed by atoms with Crippen LogP contribution in [0.1, 0.15) is 10.4 Å². The van der Waals surface area contributed by atoms with Crippen molar-refractivity contribution in [3.05, 3.63) is 89.3 Å². The molecule has 0 saturated heterocycles. The Hall–Kier alpha value is -4.54. The summed E-state index contributed by atoms with van der Waals surface area (Å²) in [4.78, 5) is 26.7. The lowest BCUT2D eigenvalue weighted by Crippen LogP contribution is -2.12. The number of rotatable bonds is 8. The number of nitro benzene ring substituents is 1. The van der Waals surface area contributed by atoms with Crippen molar-refractivity contribution in [1.82, 2.24) is 24.5 Å². The first-order valence-electron chi connectivity index (χ1n) is 9.24. The number of hydrogen-bond acceptors (Lipinski definition) is 7. The van der Waals surface area contributed by atoms with Crippen molar-refractivity contribution >= 4 is 17.3 Å². The van der Waals surface area contributed by atoms with Crippen molar-refractivity contribution in [1.29, 1.82) is 0 Å². The molecule has 0 aliphatic rings. The van der Waals surface area contributed by atoms with Crippen molar-refractivity contribution in [2.75, 3.05) is 11.9 Å². The molecule has 0 radical (unpaired) electrons. The Labute approximate surface area is 176 Å². The van der Waals surface area contributed by atoms with Gasteiger partial charge in [0.15, 0.2) is 0 Å². The van der Waals surface area contributed by atoms with E-state index >= 15 is 0 Å². The Bertz CT molecular complexity index is 1190. The molecular weight excluding hydrogens is 402 g/mol. The van der Waals surface area contributed by atoms with Crippen molar-refractivity contribution in [3.8, 4) is 11.4 Å². The highest BCUT2D eigenvalue weighted by molar-refractivity contribution is 6.04. The molecule has 0 fully saturated rings. The van der Waals surface area contributed by atoms with Gasteiger partial charge in [0, 0.05) is 30.1 Å². The third-order valence-electron chi connectivity index (χ3n) is 4.32. The van der Waals surface area contributed by atoms with Crippen LogP contribution < -0.4 is 10.1 Å². The minimum absolute atomic E-state index is 0.0164. The fraction of sp³-hybridized carbons (Fsp3) is 0.100. The van der Waals surface area contributed by atoms with Crippen LogP contribution in [0.4, 0.5) is 11.4 Å². The fourth-order valence-electron chi connectivity index (χ4n) is 2.78. The Balaban J connectivity index is 1.37. The SMILES string of the molecule is O=C(Nc1cccc(OCCn2cncn2)c1)c1cnn(-c2ccc([N+](=O)[O-])cc2)c1. The molecule has 0 atom stereocenters. The number of hydrogen-bond donors (Lipinski definition) is 1. The number of amides is 1. The van der Waals surface area contributed by atoms with E-state index in [0.29, 0.717) is 35.8 Å². The molecule has 0 aliphatic heterocycles. The molecule has 11 nitrogen and oxygen atoms in total. The molecule has 0 aliphatic carbocycles. The van der Waals surface area contributed by atoms with Crippen LogP contribution in [-0.2, 0) is 6.54 Å². The minimum atomic E-state index is -0.474. The van der Waals surface area contributed by atoms with Crippen molar-refractivity contribution in [3.63, 3.8) is 0 Å². The lowest BCUT2D eigenvalue weighted by molar-refractivity contribution is -0.384. The monoisotopic (exact) mass is 419 g/mol. The number of nitrogens with one attached hydrogen (secondary N) is 1. The third kappa shape index (κ3) is 4.90.